The van der Waals surface area contributed by atoms with Crippen molar-refractivity contribution >= 4 is 37.1 Å². The zero-order valence-corrected chi connectivity index (χ0v) is 26.0. The first-order chi connectivity index (χ1) is 19.0. The SMILES string of the molecule is CCC1=C(N(C)C)C=CC1P(c1ccccc1)c1[cH-]ccc1P(C1=CC=C(N(C)C)C1CC)c1ccccc1. The van der Waals surface area contributed by atoms with Gasteiger partial charge in [0.25, 0.3) is 0 Å². The molecule has 0 amide bonds. The molecule has 2 aliphatic carbocycles. The molecule has 0 saturated carbocycles. The number of allylic oxidation sites excluding steroid dienone is 6. The Balaban J connectivity index is 1.68. The van der Waals surface area contributed by atoms with Gasteiger partial charge in [-0.1, -0.05) is 103 Å². The number of nitrogens with zero attached hydrogens (tertiary/aromatic N) is 2. The molecule has 5 rings (SSSR count). The van der Waals surface area contributed by atoms with Crippen molar-refractivity contribution in [3.05, 3.63) is 125 Å². The second kappa shape index (κ2) is 12.2. The van der Waals surface area contributed by atoms with Gasteiger partial charge in [0.1, 0.15) is 0 Å². The Bertz CT molecular complexity index is 1390. The summed E-state index contributed by atoms with van der Waals surface area (Å²) in [4.78, 5) is 4.60. The summed E-state index contributed by atoms with van der Waals surface area (Å²) >= 11 is 0. The average Bonchev–Trinajstić information content (AvgIpc) is 3.70. The molecule has 39 heavy (non-hydrogen) atoms. The van der Waals surface area contributed by atoms with E-state index >= 15 is 0 Å². The fourth-order valence-corrected chi connectivity index (χ4v) is 12.3. The highest BCUT2D eigenvalue weighted by Crippen LogP contribution is 2.55. The predicted octanol–water partition coefficient (Wildman–Crippen LogP) is 6.80. The van der Waals surface area contributed by atoms with Crippen molar-refractivity contribution in [3.8, 4) is 0 Å². The minimum atomic E-state index is -0.664. The lowest BCUT2D eigenvalue weighted by Crippen LogP contribution is -2.31. The van der Waals surface area contributed by atoms with Gasteiger partial charge in [0.05, 0.1) is 0 Å². The van der Waals surface area contributed by atoms with E-state index in [-0.39, 0.29) is 0 Å². The summed E-state index contributed by atoms with van der Waals surface area (Å²) in [6.45, 7) is 4.66. The largest absolute Gasteiger partial charge is 0.380 e. The highest BCUT2D eigenvalue weighted by molar-refractivity contribution is 7.81. The van der Waals surface area contributed by atoms with E-state index in [0.717, 1.165) is 12.8 Å². The molecular formula is C35H41N2P2-. The molecule has 0 aromatic heterocycles. The van der Waals surface area contributed by atoms with Crippen LogP contribution >= 0.6 is 15.8 Å². The van der Waals surface area contributed by atoms with E-state index in [2.05, 4.69) is 155 Å². The first-order valence-corrected chi connectivity index (χ1v) is 16.8. The molecule has 3 aromatic rings. The lowest BCUT2D eigenvalue weighted by atomic mass is 10.1. The van der Waals surface area contributed by atoms with Gasteiger partial charge < -0.3 is 9.80 Å². The van der Waals surface area contributed by atoms with Crippen molar-refractivity contribution in [3.63, 3.8) is 0 Å². The Morgan fingerprint density at radius 3 is 2.05 bits per heavy atom. The smallest absolute Gasteiger partial charge is 0.0359 e. The Labute approximate surface area is 238 Å². The van der Waals surface area contributed by atoms with E-state index in [1.165, 1.54) is 27.3 Å². The Kier molecular flexibility index (Phi) is 8.66. The second-order valence-electron chi connectivity index (χ2n) is 10.7. The van der Waals surface area contributed by atoms with Crippen molar-refractivity contribution in [1.82, 2.24) is 9.80 Å². The third kappa shape index (κ3) is 5.35. The lowest BCUT2D eigenvalue weighted by Gasteiger charge is -2.37. The van der Waals surface area contributed by atoms with Crippen LogP contribution in [0.4, 0.5) is 0 Å². The number of likely N-dealkylation sites (N-methyl/N-ethyl adjacent to an activating group) is 1. The third-order valence-electron chi connectivity index (χ3n) is 7.90. The van der Waals surface area contributed by atoms with Crippen molar-refractivity contribution < 1.29 is 0 Å². The Hall–Kier alpha value is -2.79. The quantitative estimate of drug-likeness (QED) is 0.202. The van der Waals surface area contributed by atoms with E-state index in [1.54, 1.807) is 16.2 Å². The molecule has 0 heterocycles. The summed E-state index contributed by atoms with van der Waals surface area (Å²) in [7, 11) is 7.45. The van der Waals surface area contributed by atoms with Crippen LogP contribution in [0.15, 0.2) is 125 Å². The van der Waals surface area contributed by atoms with Gasteiger partial charge in [0.2, 0.25) is 0 Å². The van der Waals surface area contributed by atoms with Crippen LogP contribution in [0.5, 0.6) is 0 Å². The van der Waals surface area contributed by atoms with Gasteiger partial charge in [0, 0.05) is 51.2 Å². The maximum absolute atomic E-state index is 2.49. The molecule has 4 heteroatoms. The molecule has 0 spiro atoms. The van der Waals surface area contributed by atoms with E-state index in [4.69, 9.17) is 0 Å². The fraction of sp³-hybridized carbons (Fsp3) is 0.286. The maximum atomic E-state index is 2.49. The standard InChI is InChI=1S/C35H41N2P2/c1-7-28-30(36(3)4)22-24-32(28)38(26-16-11-9-12-17-26)34-20-15-21-35(34)39(27-18-13-10-14-19-27)33-25-23-31(37(5)6)29(33)8-2/h9-25,28,33H,7-8H2,1-6H3/q-1. The van der Waals surface area contributed by atoms with Crippen molar-refractivity contribution in [2.24, 2.45) is 5.92 Å². The van der Waals surface area contributed by atoms with Gasteiger partial charge in [-0.2, -0.15) is 17.4 Å². The normalized spacial score (nSPS) is 20.2. The average molecular weight is 552 g/mol. The van der Waals surface area contributed by atoms with Crippen molar-refractivity contribution in [1.29, 1.82) is 0 Å². The Morgan fingerprint density at radius 1 is 0.795 bits per heavy atom. The molecule has 0 bridgehead atoms. The van der Waals surface area contributed by atoms with Gasteiger partial charge in [-0.3, -0.25) is 0 Å². The van der Waals surface area contributed by atoms with Crippen molar-refractivity contribution in [2.75, 3.05) is 28.2 Å². The van der Waals surface area contributed by atoms with Gasteiger partial charge in [-0.05, 0) is 46.5 Å². The highest BCUT2D eigenvalue weighted by Gasteiger charge is 2.33. The Morgan fingerprint density at radius 2 is 1.46 bits per heavy atom. The minimum Gasteiger partial charge on any atom is -0.380 e. The molecule has 202 valence electrons. The summed E-state index contributed by atoms with van der Waals surface area (Å²) in [5, 5.41) is 7.57. The lowest BCUT2D eigenvalue weighted by molar-refractivity contribution is 0.448. The molecule has 0 N–H and O–H groups in total. The number of benzene rings is 2. The predicted molar refractivity (Wildman–Crippen MR) is 175 cm³/mol. The first-order valence-electron chi connectivity index (χ1n) is 14.1. The fourth-order valence-electron chi connectivity index (χ4n) is 6.13. The van der Waals surface area contributed by atoms with Gasteiger partial charge in [0.15, 0.2) is 0 Å². The number of hydrogen-bond donors (Lipinski definition) is 0. The monoisotopic (exact) mass is 551 g/mol. The molecule has 0 saturated heterocycles. The van der Waals surface area contributed by atoms with E-state index in [0.29, 0.717) is 11.6 Å². The second-order valence-corrected chi connectivity index (χ2v) is 15.2. The van der Waals surface area contributed by atoms with Gasteiger partial charge in [-0.25, -0.2) is 6.07 Å². The van der Waals surface area contributed by atoms with Crippen LogP contribution in [-0.4, -0.2) is 43.6 Å². The van der Waals surface area contributed by atoms with Crippen LogP contribution < -0.4 is 21.2 Å². The molecule has 0 radical (unpaired) electrons. The van der Waals surface area contributed by atoms with Crippen molar-refractivity contribution in [2.45, 2.75) is 32.3 Å². The molecule has 3 aromatic carbocycles. The zero-order valence-electron chi connectivity index (χ0n) is 24.2. The summed E-state index contributed by atoms with van der Waals surface area (Å²) in [6.07, 6.45) is 11.9. The highest BCUT2D eigenvalue weighted by atomic mass is 31.1. The summed E-state index contributed by atoms with van der Waals surface area (Å²) in [5.41, 5.74) is 4.79. The minimum absolute atomic E-state index is 0.411. The van der Waals surface area contributed by atoms with Crippen LogP contribution in [0.2, 0.25) is 0 Å². The molecule has 2 nitrogen and oxygen atoms in total. The topological polar surface area (TPSA) is 6.48 Å². The first kappa shape index (κ1) is 27.8. The molecule has 0 aliphatic heterocycles. The van der Waals surface area contributed by atoms with Crippen LogP contribution in [0.25, 0.3) is 0 Å². The summed E-state index contributed by atoms with van der Waals surface area (Å²) < 4.78 is 0. The van der Waals surface area contributed by atoms with Gasteiger partial charge >= 0.3 is 0 Å². The van der Waals surface area contributed by atoms with E-state index in [1.807, 2.05) is 0 Å². The molecule has 0 fully saturated rings. The molecule has 4 unspecified atom stereocenters. The van der Waals surface area contributed by atoms with E-state index in [9.17, 15) is 0 Å². The third-order valence-corrected chi connectivity index (χ3v) is 13.5. The maximum Gasteiger partial charge on any atom is 0.0359 e. The van der Waals surface area contributed by atoms with Crippen LogP contribution in [-0.2, 0) is 0 Å². The molecule has 2 aliphatic rings. The molecule has 4 atom stereocenters. The number of rotatable bonds is 10. The molecular weight excluding hydrogens is 510 g/mol. The number of hydrogen-bond acceptors (Lipinski definition) is 2. The summed E-state index contributed by atoms with van der Waals surface area (Å²) in [6, 6.07) is 29.8. The zero-order chi connectivity index (χ0) is 27.5. The van der Waals surface area contributed by atoms with Gasteiger partial charge in [-0.15, -0.1) is 5.30 Å². The van der Waals surface area contributed by atoms with Crippen LogP contribution in [0.1, 0.15) is 26.7 Å². The van der Waals surface area contributed by atoms with Crippen LogP contribution in [0.3, 0.4) is 0 Å². The van der Waals surface area contributed by atoms with E-state index < -0.39 is 15.8 Å². The van der Waals surface area contributed by atoms with Crippen LogP contribution in [0, 0.1) is 5.92 Å². The summed E-state index contributed by atoms with van der Waals surface area (Å²) in [5.74, 6) is 0.454.